The van der Waals surface area contributed by atoms with Gasteiger partial charge in [-0.1, -0.05) is 11.6 Å². The molecule has 1 rings (SSSR count). The fourth-order valence-corrected chi connectivity index (χ4v) is 1.42. The van der Waals surface area contributed by atoms with Crippen LogP contribution in [-0.2, 0) is 16.6 Å². The minimum absolute atomic E-state index is 0.0168. The Morgan fingerprint density at radius 3 is 2.62 bits per heavy atom. The van der Waals surface area contributed by atoms with Crippen molar-refractivity contribution in [2.75, 3.05) is 5.32 Å². The molecule has 0 bridgehead atoms. The molecule has 0 fully saturated rings. The highest BCUT2D eigenvalue weighted by Crippen LogP contribution is 2.10. The Morgan fingerprint density at radius 2 is 2.12 bits per heavy atom. The number of carbonyl (C=O) groups is 2. The number of nitrogens with zero attached hydrogens (tertiary/aromatic N) is 1. The summed E-state index contributed by atoms with van der Waals surface area (Å²) in [7, 11) is 1.52. The lowest BCUT2D eigenvalue weighted by Gasteiger charge is -2.06. The first-order chi connectivity index (χ1) is 7.40. The van der Waals surface area contributed by atoms with Crippen LogP contribution in [0.1, 0.15) is 13.3 Å². The number of amides is 1. The van der Waals surface area contributed by atoms with Gasteiger partial charge >= 0.3 is 0 Å². The van der Waals surface area contributed by atoms with Gasteiger partial charge in [-0.2, -0.15) is 0 Å². The zero-order chi connectivity index (χ0) is 12.3. The van der Waals surface area contributed by atoms with Gasteiger partial charge in [0.05, 0.1) is 12.1 Å². The summed E-state index contributed by atoms with van der Waals surface area (Å²) in [6, 6.07) is 1.35. The highest BCUT2D eigenvalue weighted by molar-refractivity contribution is 6.30. The number of carbonyl (C=O) groups excluding carboxylic acids is 2. The first kappa shape index (κ1) is 12.4. The maximum absolute atomic E-state index is 11.3. The third kappa shape index (κ3) is 3.20. The van der Waals surface area contributed by atoms with Gasteiger partial charge in [-0.15, -0.1) is 0 Å². The van der Waals surface area contributed by atoms with E-state index in [1.807, 2.05) is 0 Å². The summed E-state index contributed by atoms with van der Waals surface area (Å²) in [6.45, 7) is 1.33. The molecule has 1 aromatic rings. The van der Waals surface area contributed by atoms with E-state index in [2.05, 4.69) is 5.32 Å². The number of ketones is 1. The van der Waals surface area contributed by atoms with Gasteiger partial charge in [0.25, 0.3) is 5.56 Å². The number of hydrogen-bond acceptors (Lipinski definition) is 3. The van der Waals surface area contributed by atoms with Crippen LogP contribution in [0.25, 0.3) is 0 Å². The number of nitrogens with one attached hydrogen (secondary N) is 1. The molecule has 1 aromatic heterocycles. The van der Waals surface area contributed by atoms with Crippen molar-refractivity contribution in [3.63, 3.8) is 0 Å². The van der Waals surface area contributed by atoms with Gasteiger partial charge in [-0.3, -0.25) is 14.4 Å². The molecule has 0 radical (unpaired) electrons. The fourth-order valence-electron chi connectivity index (χ4n) is 1.17. The predicted octanol–water partition coefficient (Wildman–Crippen LogP) is 0.956. The molecule has 0 aliphatic heterocycles. The maximum Gasteiger partial charge on any atom is 0.269 e. The van der Waals surface area contributed by atoms with Crippen LogP contribution < -0.4 is 10.9 Å². The fraction of sp³-hybridized carbons (Fsp3) is 0.300. The van der Waals surface area contributed by atoms with Crippen molar-refractivity contribution in [1.29, 1.82) is 0 Å². The van der Waals surface area contributed by atoms with Gasteiger partial charge < -0.3 is 9.88 Å². The van der Waals surface area contributed by atoms with E-state index in [4.69, 9.17) is 11.6 Å². The quantitative estimate of drug-likeness (QED) is 0.803. The molecule has 6 heteroatoms. The van der Waals surface area contributed by atoms with Crippen molar-refractivity contribution in [1.82, 2.24) is 4.57 Å². The molecule has 0 aliphatic carbocycles. The Kier molecular flexibility index (Phi) is 3.84. The molecular weight excluding hydrogens is 232 g/mol. The van der Waals surface area contributed by atoms with Crippen LogP contribution in [0.3, 0.4) is 0 Å². The van der Waals surface area contributed by atoms with Gasteiger partial charge in [-0.05, 0) is 13.0 Å². The number of anilines is 1. The van der Waals surface area contributed by atoms with E-state index >= 15 is 0 Å². The molecule has 0 saturated carbocycles. The standard InChI is InChI=1S/C10H11ClN2O3/c1-6(14)3-9(15)12-7-4-8(11)10(16)13(2)5-7/h4-5H,3H2,1-2H3,(H,12,15). The molecular formula is C10H11ClN2O3. The Balaban J connectivity index is 2.87. The monoisotopic (exact) mass is 242 g/mol. The molecule has 0 unspecified atom stereocenters. The lowest BCUT2D eigenvalue weighted by Crippen LogP contribution is -2.20. The minimum Gasteiger partial charge on any atom is -0.324 e. The smallest absolute Gasteiger partial charge is 0.269 e. The molecule has 0 atom stereocenters. The maximum atomic E-state index is 11.3. The zero-order valence-electron chi connectivity index (χ0n) is 8.91. The first-order valence-electron chi connectivity index (χ1n) is 4.55. The number of rotatable bonds is 3. The van der Waals surface area contributed by atoms with Crippen LogP contribution in [0.4, 0.5) is 5.69 Å². The molecule has 0 aromatic carbocycles. The molecule has 5 nitrogen and oxygen atoms in total. The molecule has 86 valence electrons. The Hall–Kier alpha value is -1.62. The van der Waals surface area contributed by atoms with Gasteiger partial charge in [-0.25, -0.2) is 0 Å². The van der Waals surface area contributed by atoms with Crippen molar-refractivity contribution in [3.05, 3.63) is 27.6 Å². The van der Waals surface area contributed by atoms with Crippen molar-refractivity contribution in [2.45, 2.75) is 13.3 Å². The lowest BCUT2D eigenvalue weighted by molar-refractivity contribution is -0.124. The van der Waals surface area contributed by atoms with Crippen LogP contribution in [0.15, 0.2) is 17.1 Å². The summed E-state index contributed by atoms with van der Waals surface area (Å²) in [5.41, 5.74) is 0.0459. The second-order valence-corrected chi connectivity index (χ2v) is 3.83. The van der Waals surface area contributed by atoms with Gasteiger partial charge in [0.15, 0.2) is 0 Å². The van der Waals surface area contributed by atoms with E-state index < -0.39 is 5.91 Å². The van der Waals surface area contributed by atoms with E-state index in [0.717, 1.165) is 0 Å². The van der Waals surface area contributed by atoms with Crippen molar-refractivity contribution < 1.29 is 9.59 Å². The zero-order valence-corrected chi connectivity index (χ0v) is 9.67. The average Bonchev–Trinajstić information content (AvgIpc) is 2.12. The summed E-state index contributed by atoms with van der Waals surface area (Å²) < 4.78 is 1.26. The number of aryl methyl sites for hydroxylation is 1. The predicted molar refractivity (Wildman–Crippen MR) is 60.6 cm³/mol. The molecule has 0 aliphatic rings. The van der Waals surface area contributed by atoms with Crippen molar-refractivity contribution in [3.8, 4) is 0 Å². The van der Waals surface area contributed by atoms with Crippen LogP contribution in [0.5, 0.6) is 0 Å². The van der Waals surface area contributed by atoms with E-state index in [1.165, 1.54) is 30.8 Å². The third-order valence-corrected chi connectivity index (χ3v) is 2.10. The number of pyridine rings is 1. The molecule has 0 spiro atoms. The molecule has 0 saturated heterocycles. The Labute approximate surface area is 97.0 Å². The summed E-state index contributed by atoms with van der Waals surface area (Å²) in [4.78, 5) is 33.2. The molecule has 1 N–H and O–H groups in total. The van der Waals surface area contributed by atoms with E-state index in [-0.39, 0.29) is 22.8 Å². The summed E-state index contributed by atoms with van der Waals surface area (Å²) in [6.07, 6.45) is 1.24. The summed E-state index contributed by atoms with van der Waals surface area (Å²) in [5.74, 6) is -0.657. The normalized spacial score (nSPS) is 9.94. The largest absolute Gasteiger partial charge is 0.324 e. The lowest BCUT2D eigenvalue weighted by atomic mass is 10.3. The van der Waals surface area contributed by atoms with Gasteiger partial charge in [0.1, 0.15) is 10.8 Å². The third-order valence-electron chi connectivity index (χ3n) is 1.83. The van der Waals surface area contributed by atoms with Crippen LogP contribution in [-0.4, -0.2) is 16.3 Å². The Bertz CT molecular complexity index is 467. The second kappa shape index (κ2) is 4.94. The number of halogens is 1. The number of aromatic nitrogens is 1. The van der Waals surface area contributed by atoms with E-state index in [9.17, 15) is 14.4 Å². The summed E-state index contributed by atoms with van der Waals surface area (Å²) >= 11 is 5.66. The second-order valence-electron chi connectivity index (χ2n) is 3.42. The van der Waals surface area contributed by atoms with E-state index in [0.29, 0.717) is 5.69 Å². The average molecular weight is 243 g/mol. The van der Waals surface area contributed by atoms with Gasteiger partial charge in [0.2, 0.25) is 5.91 Å². The van der Waals surface area contributed by atoms with Crippen molar-refractivity contribution in [2.24, 2.45) is 7.05 Å². The minimum atomic E-state index is -0.429. The van der Waals surface area contributed by atoms with Crippen LogP contribution in [0.2, 0.25) is 5.02 Å². The highest BCUT2D eigenvalue weighted by atomic mass is 35.5. The van der Waals surface area contributed by atoms with Crippen molar-refractivity contribution >= 4 is 29.0 Å². The topological polar surface area (TPSA) is 68.2 Å². The SMILES string of the molecule is CC(=O)CC(=O)Nc1cc(Cl)c(=O)n(C)c1. The molecule has 16 heavy (non-hydrogen) atoms. The van der Waals surface area contributed by atoms with Crippen LogP contribution in [0, 0.1) is 0 Å². The number of hydrogen-bond donors (Lipinski definition) is 1. The van der Waals surface area contributed by atoms with E-state index in [1.54, 1.807) is 0 Å². The summed E-state index contributed by atoms with van der Waals surface area (Å²) in [5, 5.41) is 2.49. The Morgan fingerprint density at radius 1 is 1.50 bits per heavy atom. The molecule has 1 amide bonds. The molecule has 1 heterocycles. The number of Topliss-reactive ketones (excluding diaryl/α,β-unsaturated/α-hetero) is 1. The highest BCUT2D eigenvalue weighted by Gasteiger charge is 2.07. The van der Waals surface area contributed by atoms with Crippen LogP contribution >= 0.6 is 11.6 Å². The van der Waals surface area contributed by atoms with Gasteiger partial charge in [0, 0.05) is 13.2 Å². The first-order valence-corrected chi connectivity index (χ1v) is 4.93.